The lowest BCUT2D eigenvalue weighted by Gasteiger charge is -2.38. The lowest BCUT2D eigenvalue weighted by Crippen LogP contribution is -2.47. The maximum absolute atomic E-state index is 12.7. The van der Waals surface area contributed by atoms with Crippen molar-refractivity contribution in [1.82, 2.24) is 25.5 Å². The van der Waals surface area contributed by atoms with Crippen LogP contribution in [0.15, 0.2) is 29.1 Å². The van der Waals surface area contributed by atoms with Gasteiger partial charge in [-0.05, 0) is 39.2 Å². The second-order valence-corrected chi connectivity index (χ2v) is 8.04. The molecule has 0 aliphatic carbocycles. The Morgan fingerprint density at radius 3 is 2.40 bits per heavy atom. The summed E-state index contributed by atoms with van der Waals surface area (Å²) in [5.74, 6) is -0.788. The zero-order valence-electron chi connectivity index (χ0n) is 18.0. The van der Waals surface area contributed by atoms with Crippen LogP contribution in [0.3, 0.4) is 0 Å². The Morgan fingerprint density at radius 2 is 1.73 bits per heavy atom. The van der Waals surface area contributed by atoms with Crippen LogP contribution in [0.1, 0.15) is 63.4 Å². The average molecular weight is 414 g/mol. The van der Waals surface area contributed by atoms with Crippen LogP contribution < -0.4 is 16.4 Å². The zero-order valence-corrected chi connectivity index (χ0v) is 18.0. The molecular formula is C22H31N5O3. The van der Waals surface area contributed by atoms with E-state index in [1.807, 2.05) is 6.92 Å². The molecule has 2 atom stereocenters. The van der Waals surface area contributed by atoms with Crippen LogP contribution in [-0.4, -0.2) is 45.1 Å². The van der Waals surface area contributed by atoms with Gasteiger partial charge in [-0.3, -0.25) is 30.1 Å². The number of amides is 2. The standard InChI is InChI=1S/C22H31N5O3/c1-4-13-27-22(30)18-11-6-5-10-17(18)20(25-27)21(29)24-23-19(28)12-14-26-15(2)8-7-9-16(26)3/h5-6,10-11,15-16H,4,7-9,12-14H2,1-3H3,(H,23,28)(H,24,29)/t15-,16-/m1/s1. The molecule has 0 saturated carbocycles. The van der Waals surface area contributed by atoms with Gasteiger partial charge in [0.2, 0.25) is 5.91 Å². The largest absolute Gasteiger partial charge is 0.297 e. The van der Waals surface area contributed by atoms with Crippen LogP contribution in [0, 0.1) is 0 Å². The number of likely N-dealkylation sites (tertiary alicyclic amines) is 1. The van der Waals surface area contributed by atoms with Crippen molar-refractivity contribution < 1.29 is 9.59 Å². The Bertz CT molecular complexity index is 961. The van der Waals surface area contributed by atoms with Gasteiger partial charge in [-0.15, -0.1) is 0 Å². The molecule has 2 heterocycles. The predicted octanol–water partition coefficient (Wildman–Crippen LogP) is 2.22. The third-order valence-corrected chi connectivity index (χ3v) is 5.81. The van der Waals surface area contributed by atoms with Gasteiger partial charge in [-0.25, -0.2) is 4.68 Å². The molecule has 1 aliphatic heterocycles. The van der Waals surface area contributed by atoms with Crippen molar-refractivity contribution in [3.05, 3.63) is 40.3 Å². The fourth-order valence-electron chi connectivity index (χ4n) is 4.16. The van der Waals surface area contributed by atoms with E-state index in [0.29, 0.717) is 42.4 Å². The summed E-state index contributed by atoms with van der Waals surface area (Å²) in [6.45, 7) is 7.40. The SMILES string of the molecule is CCCn1nc(C(=O)NNC(=O)CCN2[C@H](C)CCC[C@H]2C)c2ccccc2c1=O. The molecule has 0 bridgehead atoms. The third-order valence-electron chi connectivity index (χ3n) is 5.81. The molecule has 8 heteroatoms. The number of aryl methyl sites for hydroxylation is 1. The second kappa shape index (κ2) is 9.84. The number of hydrogen-bond acceptors (Lipinski definition) is 5. The monoisotopic (exact) mass is 413 g/mol. The van der Waals surface area contributed by atoms with Gasteiger partial charge in [-0.1, -0.05) is 31.5 Å². The summed E-state index contributed by atoms with van der Waals surface area (Å²) in [4.78, 5) is 39.9. The minimum absolute atomic E-state index is 0.122. The summed E-state index contributed by atoms with van der Waals surface area (Å²) >= 11 is 0. The van der Waals surface area contributed by atoms with Crippen molar-refractivity contribution >= 4 is 22.6 Å². The molecule has 0 radical (unpaired) electrons. The van der Waals surface area contributed by atoms with Crippen LogP contribution in [-0.2, 0) is 11.3 Å². The number of aromatic nitrogens is 2. The van der Waals surface area contributed by atoms with Gasteiger partial charge < -0.3 is 0 Å². The number of piperidine rings is 1. The molecule has 0 spiro atoms. The maximum Gasteiger partial charge on any atom is 0.290 e. The van der Waals surface area contributed by atoms with Gasteiger partial charge in [-0.2, -0.15) is 5.10 Å². The maximum atomic E-state index is 12.7. The fourth-order valence-corrected chi connectivity index (χ4v) is 4.16. The van der Waals surface area contributed by atoms with Gasteiger partial charge in [0.05, 0.1) is 5.39 Å². The first-order valence-electron chi connectivity index (χ1n) is 10.8. The molecule has 3 rings (SSSR count). The Hall–Kier alpha value is -2.74. The summed E-state index contributed by atoms with van der Waals surface area (Å²) in [6, 6.07) is 7.81. The number of fused-ring (bicyclic) bond motifs is 1. The van der Waals surface area contributed by atoms with Gasteiger partial charge in [0.15, 0.2) is 5.69 Å². The first kappa shape index (κ1) is 22.0. The zero-order chi connectivity index (χ0) is 21.7. The van der Waals surface area contributed by atoms with Crippen molar-refractivity contribution in [3.63, 3.8) is 0 Å². The van der Waals surface area contributed by atoms with E-state index in [1.54, 1.807) is 24.3 Å². The van der Waals surface area contributed by atoms with Crippen LogP contribution in [0.25, 0.3) is 10.8 Å². The van der Waals surface area contributed by atoms with E-state index in [9.17, 15) is 14.4 Å². The Balaban J connectivity index is 1.66. The minimum Gasteiger partial charge on any atom is -0.297 e. The van der Waals surface area contributed by atoms with Crippen LogP contribution in [0.4, 0.5) is 0 Å². The summed E-state index contributed by atoms with van der Waals surface area (Å²) in [6.07, 6.45) is 4.54. The van der Waals surface area contributed by atoms with E-state index in [0.717, 1.165) is 19.3 Å². The van der Waals surface area contributed by atoms with Gasteiger partial charge in [0.25, 0.3) is 11.5 Å². The molecule has 2 N–H and O–H groups in total. The summed E-state index contributed by atoms with van der Waals surface area (Å²) in [7, 11) is 0. The molecule has 1 aliphatic rings. The molecule has 1 fully saturated rings. The molecule has 162 valence electrons. The number of nitrogens with one attached hydrogen (secondary N) is 2. The lowest BCUT2D eigenvalue weighted by atomic mass is 9.97. The third kappa shape index (κ3) is 4.87. The quantitative estimate of drug-likeness (QED) is 0.708. The van der Waals surface area contributed by atoms with E-state index in [1.165, 1.54) is 11.1 Å². The van der Waals surface area contributed by atoms with Crippen molar-refractivity contribution in [2.45, 2.75) is 71.5 Å². The first-order chi connectivity index (χ1) is 14.4. The normalized spacial score (nSPS) is 19.6. The van der Waals surface area contributed by atoms with E-state index in [2.05, 4.69) is 34.7 Å². The number of hydrazine groups is 1. The van der Waals surface area contributed by atoms with E-state index in [4.69, 9.17) is 0 Å². The van der Waals surface area contributed by atoms with E-state index >= 15 is 0 Å². The highest BCUT2D eigenvalue weighted by atomic mass is 16.2. The van der Waals surface area contributed by atoms with Crippen molar-refractivity contribution in [2.24, 2.45) is 0 Å². The Labute approximate surface area is 176 Å². The highest BCUT2D eigenvalue weighted by Gasteiger charge is 2.25. The Kier molecular flexibility index (Phi) is 7.20. The van der Waals surface area contributed by atoms with Gasteiger partial charge in [0, 0.05) is 37.0 Å². The topological polar surface area (TPSA) is 96.3 Å². The number of hydrogen-bond donors (Lipinski definition) is 2. The highest BCUT2D eigenvalue weighted by molar-refractivity contribution is 6.05. The van der Waals surface area contributed by atoms with Crippen LogP contribution in [0.5, 0.6) is 0 Å². The molecule has 1 aromatic heterocycles. The summed E-state index contributed by atoms with van der Waals surface area (Å²) in [5.41, 5.74) is 4.84. The molecule has 2 aromatic rings. The highest BCUT2D eigenvalue weighted by Crippen LogP contribution is 2.22. The van der Waals surface area contributed by atoms with Crippen molar-refractivity contribution in [2.75, 3.05) is 6.54 Å². The van der Waals surface area contributed by atoms with Crippen LogP contribution in [0.2, 0.25) is 0 Å². The number of carbonyl (C=O) groups excluding carboxylic acids is 2. The number of carbonyl (C=O) groups is 2. The molecule has 2 amide bonds. The first-order valence-corrected chi connectivity index (χ1v) is 10.8. The minimum atomic E-state index is -0.538. The van der Waals surface area contributed by atoms with E-state index < -0.39 is 5.91 Å². The summed E-state index contributed by atoms with van der Waals surface area (Å²) in [5, 5.41) is 5.15. The van der Waals surface area contributed by atoms with Gasteiger partial charge >= 0.3 is 0 Å². The number of benzene rings is 1. The predicted molar refractivity (Wildman–Crippen MR) is 116 cm³/mol. The molecule has 0 unspecified atom stereocenters. The molecule has 1 aromatic carbocycles. The fraction of sp³-hybridized carbons (Fsp3) is 0.545. The molecule has 1 saturated heterocycles. The number of nitrogens with zero attached hydrogens (tertiary/aromatic N) is 3. The second-order valence-electron chi connectivity index (χ2n) is 8.04. The molecule has 8 nitrogen and oxygen atoms in total. The number of rotatable bonds is 6. The van der Waals surface area contributed by atoms with Crippen molar-refractivity contribution in [3.8, 4) is 0 Å². The molecular weight excluding hydrogens is 382 g/mol. The van der Waals surface area contributed by atoms with Gasteiger partial charge in [0.1, 0.15) is 0 Å². The molecule has 30 heavy (non-hydrogen) atoms. The summed E-state index contributed by atoms with van der Waals surface area (Å²) < 4.78 is 1.30. The average Bonchev–Trinajstić information content (AvgIpc) is 2.74. The smallest absolute Gasteiger partial charge is 0.290 e. The van der Waals surface area contributed by atoms with E-state index in [-0.39, 0.29) is 17.2 Å². The lowest BCUT2D eigenvalue weighted by molar-refractivity contribution is -0.122. The van der Waals surface area contributed by atoms with Crippen molar-refractivity contribution in [1.29, 1.82) is 0 Å². The van der Waals surface area contributed by atoms with Crippen LogP contribution >= 0.6 is 0 Å². The Morgan fingerprint density at radius 1 is 1.07 bits per heavy atom.